The SMILES string of the molecule is CCCCCCCCC=CCCCCCCCCOC[C@@H]1CN(Cc2ccccc2)C[C@H]1COCCCCCCCCC=CCCCCCCCC. The average Bonchev–Trinajstić information content (AvgIpc) is 3.54. The maximum Gasteiger partial charge on any atom is 0.0510 e. The van der Waals surface area contributed by atoms with Gasteiger partial charge in [0.15, 0.2) is 0 Å². The molecule has 0 radical (unpaired) electrons. The summed E-state index contributed by atoms with van der Waals surface area (Å²) in [5.41, 5.74) is 1.41. The summed E-state index contributed by atoms with van der Waals surface area (Å²) in [7, 11) is 0. The van der Waals surface area contributed by atoms with Gasteiger partial charge < -0.3 is 9.47 Å². The lowest BCUT2D eigenvalue weighted by Gasteiger charge is -2.18. The van der Waals surface area contributed by atoms with E-state index in [2.05, 4.69) is 73.4 Å². The largest absolute Gasteiger partial charge is 0.381 e. The van der Waals surface area contributed by atoms with E-state index < -0.39 is 0 Å². The summed E-state index contributed by atoms with van der Waals surface area (Å²) >= 11 is 0. The summed E-state index contributed by atoms with van der Waals surface area (Å²) in [6.07, 6.45) is 47.5. The fourth-order valence-corrected chi connectivity index (χ4v) is 7.76. The van der Waals surface area contributed by atoms with Crippen molar-refractivity contribution in [3.05, 3.63) is 60.2 Å². The second-order valence-corrected chi connectivity index (χ2v) is 16.2. The van der Waals surface area contributed by atoms with E-state index in [1.54, 1.807) is 0 Å². The minimum Gasteiger partial charge on any atom is -0.381 e. The zero-order valence-electron chi connectivity index (χ0n) is 34.9. The van der Waals surface area contributed by atoms with E-state index in [-0.39, 0.29) is 0 Å². The van der Waals surface area contributed by atoms with Gasteiger partial charge in [-0.05, 0) is 69.8 Å². The maximum absolute atomic E-state index is 6.31. The molecule has 0 bridgehead atoms. The van der Waals surface area contributed by atoms with Crippen LogP contribution in [0, 0.1) is 11.8 Å². The molecule has 2 rings (SSSR count). The molecule has 0 N–H and O–H groups in total. The second kappa shape index (κ2) is 36.6. The van der Waals surface area contributed by atoms with Crippen LogP contribution in [0.3, 0.4) is 0 Å². The highest BCUT2D eigenvalue weighted by Gasteiger charge is 2.33. The van der Waals surface area contributed by atoms with Gasteiger partial charge in [-0.3, -0.25) is 4.90 Å². The monoisotopic (exact) mass is 722 g/mol. The Labute approximate surface area is 325 Å². The third kappa shape index (κ3) is 28.1. The molecule has 0 aliphatic carbocycles. The molecular weight excluding hydrogens is 635 g/mol. The molecule has 0 aromatic heterocycles. The molecule has 0 spiro atoms. The number of rotatable bonds is 38. The Hall–Kier alpha value is -1.42. The van der Waals surface area contributed by atoms with Gasteiger partial charge in [0.25, 0.3) is 0 Å². The second-order valence-electron chi connectivity index (χ2n) is 16.2. The minimum atomic E-state index is 0.581. The highest BCUT2D eigenvalue weighted by Crippen LogP contribution is 2.26. The van der Waals surface area contributed by atoms with Crippen LogP contribution < -0.4 is 0 Å². The first-order chi connectivity index (χ1) is 25.8. The smallest absolute Gasteiger partial charge is 0.0510 e. The fourth-order valence-electron chi connectivity index (χ4n) is 7.76. The van der Waals surface area contributed by atoms with Crippen LogP contribution in [0.4, 0.5) is 0 Å². The van der Waals surface area contributed by atoms with Gasteiger partial charge in [-0.15, -0.1) is 0 Å². The van der Waals surface area contributed by atoms with Crippen LogP contribution >= 0.6 is 0 Å². The van der Waals surface area contributed by atoms with E-state index in [4.69, 9.17) is 9.47 Å². The Morgan fingerprint density at radius 2 is 0.808 bits per heavy atom. The molecule has 1 aromatic carbocycles. The summed E-state index contributed by atoms with van der Waals surface area (Å²) in [4.78, 5) is 2.63. The van der Waals surface area contributed by atoms with Crippen LogP contribution in [0.2, 0.25) is 0 Å². The Balaban J connectivity index is 1.47. The van der Waals surface area contributed by atoms with Crippen LogP contribution in [0.25, 0.3) is 0 Å². The molecule has 1 aromatic rings. The molecule has 3 heteroatoms. The van der Waals surface area contributed by atoms with Crippen molar-refractivity contribution in [1.29, 1.82) is 0 Å². The summed E-state index contributed by atoms with van der Waals surface area (Å²) in [6.45, 7) is 11.5. The van der Waals surface area contributed by atoms with Gasteiger partial charge in [-0.25, -0.2) is 0 Å². The van der Waals surface area contributed by atoms with Gasteiger partial charge in [0.05, 0.1) is 13.2 Å². The summed E-state index contributed by atoms with van der Waals surface area (Å²) in [5.74, 6) is 1.16. The van der Waals surface area contributed by atoms with Gasteiger partial charge >= 0.3 is 0 Å². The van der Waals surface area contributed by atoms with Crippen molar-refractivity contribution < 1.29 is 9.47 Å². The first kappa shape index (κ1) is 46.7. The molecule has 300 valence electrons. The molecule has 1 aliphatic rings. The van der Waals surface area contributed by atoms with Gasteiger partial charge in [0, 0.05) is 44.7 Å². The predicted octanol–water partition coefficient (Wildman–Crippen LogP) is 14.8. The molecular formula is C49H87NO2. The van der Waals surface area contributed by atoms with Crippen molar-refractivity contribution in [3.8, 4) is 0 Å². The molecule has 0 unspecified atom stereocenters. The number of allylic oxidation sites excluding steroid dienone is 4. The van der Waals surface area contributed by atoms with Gasteiger partial charge in [0.1, 0.15) is 0 Å². The van der Waals surface area contributed by atoms with E-state index in [1.165, 1.54) is 185 Å². The zero-order valence-corrected chi connectivity index (χ0v) is 34.9. The van der Waals surface area contributed by atoms with Gasteiger partial charge in [0.2, 0.25) is 0 Å². The zero-order chi connectivity index (χ0) is 36.8. The average molecular weight is 722 g/mol. The van der Waals surface area contributed by atoms with Crippen LogP contribution in [-0.2, 0) is 16.0 Å². The quantitative estimate of drug-likeness (QED) is 0.0501. The lowest BCUT2D eigenvalue weighted by atomic mass is 9.98. The molecule has 0 saturated carbocycles. The molecule has 1 heterocycles. The Morgan fingerprint density at radius 3 is 1.19 bits per heavy atom. The Kier molecular flexibility index (Phi) is 32.8. The molecule has 52 heavy (non-hydrogen) atoms. The molecule has 3 nitrogen and oxygen atoms in total. The summed E-state index contributed by atoms with van der Waals surface area (Å²) in [6, 6.07) is 11.0. The van der Waals surface area contributed by atoms with E-state index in [9.17, 15) is 0 Å². The molecule has 1 aliphatic heterocycles. The third-order valence-corrected chi connectivity index (χ3v) is 11.2. The summed E-state index contributed by atoms with van der Waals surface area (Å²) < 4.78 is 12.6. The first-order valence-electron chi connectivity index (χ1n) is 23.0. The Morgan fingerprint density at radius 1 is 0.462 bits per heavy atom. The number of benzene rings is 1. The van der Waals surface area contributed by atoms with E-state index in [1.807, 2.05) is 0 Å². The highest BCUT2D eigenvalue weighted by molar-refractivity contribution is 5.14. The van der Waals surface area contributed by atoms with Crippen molar-refractivity contribution in [1.82, 2.24) is 4.90 Å². The summed E-state index contributed by atoms with van der Waals surface area (Å²) in [5, 5.41) is 0. The van der Waals surface area contributed by atoms with E-state index in [0.717, 1.165) is 46.1 Å². The van der Waals surface area contributed by atoms with Crippen molar-refractivity contribution in [2.75, 3.05) is 39.5 Å². The normalized spacial score (nSPS) is 16.7. The lowest BCUT2D eigenvalue weighted by molar-refractivity contribution is 0.0482. The Bertz CT molecular complexity index is 859. The molecule has 0 amide bonds. The number of nitrogens with zero attached hydrogens (tertiary/aromatic N) is 1. The topological polar surface area (TPSA) is 21.7 Å². The standard InChI is InChI=1S/C49H87NO2/c1-3-5-7-9-11-13-15-17-19-21-23-25-27-29-31-36-40-51-45-48-43-50(42-47-38-34-33-35-39-47)44-49(48)46-52-41-37-32-30-28-26-24-22-20-18-16-14-12-10-8-6-4-2/h17-20,33-35,38-39,48-49H,3-16,21-32,36-37,40-46H2,1-2H3/t48-,49-/m0/s1. The van der Waals surface area contributed by atoms with Crippen molar-refractivity contribution >= 4 is 0 Å². The number of unbranched alkanes of at least 4 members (excludes halogenated alkanes) is 24. The fraction of sp³-hybridized carbons (Fsp3) is 0.796. The van der Waals surface area contributed by atoms with Crippen LogP contribution in [0.1, 0.15) is 199 Å². The van der Waals surface area contributed by atoms with E-state index in [0.29, 0.717) is 11.8 Å². The molecule has 1 saturated heterocycles. The van der Waals surface area contributed by atoms with Crippen LogP contribution in [0.15, 0.2) is 54.6 Å². The van der Waals surface area contributed by atoms with Crippen LogP contribution in [-0.4, -0.2) is 44.4 Å². The lowest BCUT2D eigenvalue weighted by Crippen LogP contribution is -2.23. The van der Waals surface area contributed by atoms with Gasteiger partial charge in [-0.1, -0.05) is 184 Å². The van der Waals surface area contributed by atoms with Gasteiger partial charge in [-0.2, -0.15) is 0 Å². The number of hydrogen-bond acceptors (Lipinski definition) is 3. The van der Waals surface area contributed by atoms with E-state index >= 15 is 0 Å². The maximum atomic E-state index is 6.31. The van der Waals surface area contributed by atoms with Crippen molar-refractivity contribution in [2.24, 2.45) is 11.8 Å². The highest BCUT2D eigenvalue weighted by atomic mass is 16.5. The molecule has 1 fully saturated rings. The first-order valence-corrected chi connectivity index (χ1v) is 23.0. The van der Waals surface area contributed by atoms with Crippen LogP contribution in [0.5, 0.6) is 0 Å². The number of ether oxygens (including phenoxy) is 2. The van der Waals surface area contributed by atoms with Crippen molar-refractivity contribution in [3.63, 3.8) is 0 Å². The number of hydrogen-bond donors (Lipinski definition) is 0. The predicted molar refractivity (Wildman–Crippen MR) is 229 cm³/mol. The molecule has 2 atom stereocenters. The third-order valence-electron chi connectivity index (χ3n) is 11.2. The van der Waals surface area contributed by atoms with Crippen molar-refractivity contribution in [2.45, 2.75) is 200 Å². The number of likely N-dealkylation sites (tertiary alicyclic amines) is 1. The minimum absolute atomic E-state index is 0.581.